The zero-order chi connectivity index (χ0) is 19.7. The van der Waals surface area contributed by atoms with Crippen LogP contribution in [0.4, 0.5) is 15.9 Å². The summed E-state index contributed by atoms with van der Waals surface area (Å²) in [5.74, 6) is 0.885. The fraction of sp³-hybridized carbons (Fsp3) is 0.435. The van der Waals surface area contributed by atoms with Gasteiger partial charge in [-0.3, -0.25) is 0 Å². The lowest BCUT2D eigenvalue weighted by Crippen LogP contribution is -2.31. The Bertz CT molecular complexity index is 955. The van der Waals surface area contributed by atoms with E-state index in [1.807, 2.05) is 19.3 Å². The molecule has 5 heteroatoms. The van der Waals surface area contributed by atoms with Gasteiger partial charge in [-0.1, -0.05) is 13.8 Å². The Morgan fingerprint density at radius 3 is 2.57 bits per heavy atom. The van der Waals surface area contributed by atoms with Gasteiger partial charge < -0.3 is 14.4 Å². The van der Waals surface area contributed by atoms with Crippen molar-refractivity contribution in [3.63, 3.8) is 0 Å². The summed E-state index contributed by atoms with van der Waals surface area (Å²) in [5.41, 5.74) is 4.76. The molecule has 1 aliphatic heterocycles. The summed E-state index contributed by atoms with van der Waals surface area (Å²) in [5, 5.41) is 1.18. The number of pyridine rings is 1. The summed E-state index contributed by atoms with van der Waals surface area (Å²) in [4.78, 5) is 9.48. The second kappa shape index (κ2) is 7.82. The molecule has 1 aliphatic rings. The van der Waals surface area contributed by atoms with Crippen LogP contribution in [0, 0.1) is 5.82 Å². The van der Waals surface area contributed by atoms with Crippen LogP contribution in [0.1, 0.15) is 37.9 Å². The SMILES string of the molecule is CCCN(CCC)c1ccc(N2CCc3c(n(C)c4cc(F)ccc34)C2)cn1. The van der Waals surface area contributed by atoms with E-state index in [1.54, 1.807) is 12.1 Å². The summed E-state index contributed by atoms with van der Waals surface area (Å²) in [6, 6.07) is 9.47. The molecule has 0 atom stereocenters. The molecular weight excluding hydrogens is 351 g/mol. The number of aromatic nitrogens is 2. The Balaban J connectivity index is 1.58. The second-order valence-electron chi connectivity index (χ2n) is 7.68. The quantitative estimate of drug-likeness (QED) is 0.608. The van der Waals surface area contributed by atoms with E-state index in [2.05, 4.69) is 40.3 Å². The van der Waals surface area contributed by atoms with Crippen molar-refractivity contribution in [3.8, 4) is 0 Å². The Morgan fingerprint density at radius 2 is 1.89 bits per heavy atom. The van der Waals surface area contributed by atoms with E-state index in [0.717, 1.165) is 62.5 Å². The highest BCUT2D eigenvalue weighted by Crippen LogP contribution is 2.32. The highest BCUT2D eigenvalue weighted by atomic mass is 19.1. The maximum atomic E-state index is 13.7. The third kappa shape index (κ3) is 3.34. The Labute approximate surface area is 166 Å². The molecule has 0 spiro atoms. The first-order valence-corrected chi connectivity index (χ1v) is 10.3. The zero-order valence-corrected chi connectivity index (χ0v) is 17.1. The van der Waals surface area contributed by atoms with Gasteiger partial charge in [-0.25, -0.2) is 9.37 Å². The number of aryl methyl sites for hydroxylation is 1. The van der Waals surface area contributed by atoms with Crippen molar-refractivity contribution < 1.29 is 4.39 Å². The number of nitrogens with zero attached hydrogens (tertiary/aromatic N) is 4. The first kappa shape index (κ1) is 18.8. The molecule has 0 radical (unpaired) electrons. The van der Waals surface area contributed by atoms with Crippen molar-refractivity contribution in [1.82, 2.24) is 9.55 Å². The molecule has 0 N–H and O–H groups in total. The number of benzene rings is 1. The summed E-state index contributed by atoms with van der Waals surface area (Å²) >= 11 is 0. The Morgan fingerprint density at radius 1 is 1.11 bits per heavy atom. The van der Waals surface area contributed by atoms with Crippen LogP contribution in [0.15, 0.2) is 36.5 Å². The fourth-order valence-electron chi connectivity index (χ4n) is 4.38. The highest BCUT2D eigenvalue weighted by molar-refractivity contribution is 5.86. The van der Waals surface area contributed by atoms with Crippen molar-refractivity contribution in [3.05, 3.63) is 53.6 Å². The van der Waals surface area contributed by atoms with E-state index in [-0.39, 0.29) is 5.82 Å². The maximum Gasteiger partial charge on any atom is 0.128 e. The lowest BCUT2D eigenvalue weighted by atomic mass is 10.0. The van der Waals surface area contributed by atoms with Crippen LogP contribution in [0.25, 0.3) is 10.9 Å². The Kier molecular flexibility index (Phi) is 5.25. The van der Waals surface area contributed by atoms with E-state index in [4.69, 9.17) is 4.98 Å². The zero-order valence-electron chi connectivity index (χ0n) is 17.1. The van der Waals surface area contributed by atoms with Crippen molar-refractivity contribution in [2.24, 2.45) is 7.05 Å². The molecule has 0 aliphatic carbocycles. The van der Waals surface area contributed by atoms with E-state index >= 15 is 0 Å². The second-order valence-corrected chi connectivity index (χ2v) is 7.68. The van der Waals surface area contributed by atoms with Gasteiger partial charge in [0, 0.05) is 37.8 Å². The van der Waals surface area contributed by atoms with Gasteiger partial charge in [-0.2, -0.15) is 0 Å². The Hall–Kier alpha value is -2.56. The minimum atomic E-state index is -0.175. The van der Waals surface area contributed by atoms with Gasteiger partial charge in [-0.05, 0) is 55.2 Å². The number of anilines is 2. The molecule has 0 saturated carbocycles. The first-order chi connectivity index (χ1) is 13.6. The first-order valence-electron chi connectivity index (χ1n) is 10.3. The van der Waals surface area contributed by atoms with Crippen molar-refractivity contribution in [2.45, 2.75) is 39.7 Å². The normalized spacial score (nSPS) is 13.8. The molecule has 148 valence electrons. The maximum absolute atomic E-state index is 13.7. The average molecular weight is 381 g/mol. The molecule has 0 saturated heterocycles. The van der Waals surface area contributed by atoms with Crippen molar-refractivity contribution >= 4 is 22.4 Å². The van der Waals surface area contributed by atoms with Gasteiger partial charge in [0.2, 0.25) is 0 Å². The predicted octanol–water partition coefficient (Wildman–Crippen LogP) is 4.90. The number of hydrogen-bond acceptors (Lipinski definition) is 3. The molecule has 4 rings (SSSR count). The third-order valence-electron chi connectivity index (χ3n) is 5.78. The van der Waals surface area contributed by atoms with Crippen molar-refractivity contribution in [2.75, 3.05) is 29.4 Å². The molecular formula is C23H29FN4. The summed E-state index contributed by atoms with van der Waals surface area (Å²) in [6.07, 6.45) is 5.22. The van der Waals surface area contributed by atoms with E-state index in [1.165, 1.54) is 16.6 Å². The molecule has 0 bridgehead atoms. The third-order valence-corrected chi connectivity index (χ3v) is 5.78. The molecule has 1 aromatic carbocycles. The summed E-state index contributed by atoms with van der Waals surface area (Å²) < 4.78 is 15.8. The van der Waals surface area contributed by atoms with Crippen LogP contribution in [-0.4, -0.2) is 29.2 Å². The van der Waals surface area contributed by atoms with Gasteiger partial charge in [-0.15, -0.1) is 0 Å². The van der Waals surface area contributed by atoms with Crippen LogP contribution in [0.3, 0.4) is 0 Å². The number of halogens is 1. The number of rotatable bonds is 6. The van der Waals surface area contributed by atoms with Crippen molar-refractivity contribution in [1.29, 1.82) is 0 Å². The van der Waals surface area contributed by atoms with E-state index in [9.17, 15) is 4.39 Å². The van der Waals surface area contributed by atoms with Crippen LogP contribution in [0.5, 0.6) is 0 Å². The van der Waals surface area contributed by atoms with Crippen LogP contribution in [0.2, 0.25) is 0 Å². The minimum absolute atomic E-state index is 0.175. The van der Waals surface area contributed by atoms with Gasteiger partial charge in [0.1, 0.15) is 11.6 Å². The topological polar surface area (TPSA) is 24.3 Å². The molecule has 0 unspecified atom stereocenters. The van der Waals surface area contributed by atoms with Crippen LogP contribution < -0.4 is 9.80 Å². The largest absolute Gasteiger partial charge is 0.364 e. The average Bonchev–Trinajstić information content (AvgIpc) is 2.99. The van der Waals surface area contributed by atoms with E-state index in [0.29, 0.717) is 0 Å². The number of hydrogen-bond donors (Lipinski definition) is 0. The molecule has 28 heavy (non-hydrogen) atoms. The lowest BCUT2D eigenvalue weighted by molar-refractivity contribution is 0.628. The monoisotopic (exact) mass is 380 g/mol. The summed E-state index contributed by atoms with van der Waals surface area (Å²) in [7, 11) is 2.04. The van der Waals surface area contributed by atoms with Crippen LogP contribution in [-0.2, 0) is 20.0 Å². The smallest absolute Gasteiger partial charge is 0.128 e. The molecule has 0 amide bonds. The van der Waals surface area contributed by atoms with Crippen LogP contribution >= 0.6 is 0 Å². The van der Waals surface area contributed by atoms with Gasteiger partial charge in [0.15, 0.2) is 0 Å². The van der Waals surface area contributed by atoms with Gasteiger partial charge >= 0.3 is 0 Å². The summed E-state index contributed by atoms with van der Waals surface area (Å²) in [6.45, 7) is 8.28. The standard InChI is InChI=1S/C23H29FN4/c1-4-11-27(12-5-2)23-9-7-18(15-25-23)28-13-10-20-19-8-6-17(24)14-21(19)26(3)22(20)16-28/h6-9,14-15H,4-5,10-13,16H2,1-3H3. The molecule has 0 fully saturated rings. The molecule has 2 aromatic heterocycles. The van der Waals surface area contributed by atoms with Gasteiger partial charge in [0.25, 0.3) is 0 Å². The molecule has 4 nitrogen and oxygen atoms in total. The molecule has 3 heterocycles. The predicted molar refractivity (Wildman–Crippen MR) is 115 cm³/mol. The van der Waals surface area contributed by atoms with Gasteiger partial charge in [0.05, 0.1) is 23.9 Å². The highest BCUT2D eigenvalue weighted by Gasteiger charge is 2.23. The number of fused-ring (bicyclic) bond motifs is 3. The lowest BCUT2D eigenvalue weighted by Gasteiger charge is -2.30. The molecule has 3 aromatic rings. The minimum Gasteiger partial charge on any atom is -0.364 e. The fourth-order valence-corrected chi connectivity index (χ4v) is 4.38. The van der Waals surface area contributed by atoms with E-state index < -0.39 is 0 Å².